The van der Waals surface area contributed by atoms with Crippen molar-refractivity contribution in [3.63, 3.8) is 0 Å². The van der Waals surface area contributed by atoms with Crippen molar-refractivity contribution in [2.75, 3.05) is 13.1 Å². The normalized spacial score (nSPS) is 21.7. The number of carbonyl (C=O) groups is 2. The summed E-state index contributed by atoms with van der Waals surface area (Å²) in [5.74, 6) is -1.23. The number of rotatable bonds is 5. The Bertz CT molecular complexity index is 906. The van der Waals surface area contributed by atoms with E-state index < -0.39 is 35.9 Å². The molecule has 0 radical (unpaired) electrons. The molecule has 4 rings (SSSR count). The van der Waals surface area contributed by atoms with Crippen LogP contribution >= 0.6 is 0 Å². The van der Waals surface area contributed by atoms with E-state index in [-0.39, 0.29) is 5.41 Å². The highest BCUT2D eigenvalue weighted by atomic mass is 19.3. The number of amides is 3. The van der Waals surface area contributed by atoms with Gasteiger partial charge in [0.2, 0.25) is 11.8 Å². The fraction of sp³-hybridized carbons (Fsp3) is 0.583. The van der Waals surface area contributed by atoms with E-state index in [1.165, 1.54) is 11.1 Å². The Kier molecular flexibility index (Phi) is 5.45. The summed E-state index contributed by atoms with van der Waals surface area (Å²) in [5, 5.41) is 5.20. The first kappa shape index (κ1) is 21.6. The van der Waals surface area contributed by atoms with Gasteiger partial charge in [0.05, 0.1) is 0 Å². The molecule has 2 aliphatic carbocycles. The van der Waals surface area contributed by atoms with E-state index in [1.807, 2.05) is 0 Å². The van der Waals surface area contributed by atoms with E-state index in [0.717, 1.165) is 32.6 Å². The van der Waals surface area contributed by atoms with E-state index in [0.29, 0.717) is 25.9 Å². The molecule has 166 valence electrons. The van der Waals surface area contributed by atoms with Gasteiger partial charge in [0.15, 0.2) is 0 Å². The van der Waals surface area contributed by atoms with Gasteiger partial charge in [-0.15, -0.1) is 6.42 Å². The molecule has 3 aliphatic rings. The summed E-state index contributed by atoms with van der Waals surface area (Å²) < 4.78 is 27.4. The van der Waals surface area contributed by atoms with Gasteiger partial charge >= 0.3 is 6.03 Å². The van der Waals surface area contributed by atoms with Crippen molar-refractivity contribution in [2.24, 2.45) is 0 Å². The quantitative estimate of drug-likeness (QED) is 0.705. The monoisotopic (exact) mass is 429 g/mol. The molecule has 7 heteroatoms. The Labute approximate surface area is 181 Å². The molecule has 2 N–H and O–H groups in total. The highest BCUT2D eigenvalue weighted by Crippen LogP contribution is 2.46. The zero-order chi connectivity index (χ0) is 22.3. The third-order valence-electron chi connectivity index (χ3n) is 7.03. The SMILES string of the molecule is C#CC1(NC(=O)C(CC(C)(F)F)NC(=O)N2CCC3(CCc4ccccc43)CC2)CC1. The fourth-order valence-corrected chi connectivity index (χ4v) is 4.98. The molecule has 1 aliphatic heterocycles. The summed E-state index contributed by atoms with van der Waals surface area (Å²) in [4.78, 5) is 27.1. The van der Waals surface area contributed by atoms with Crippen molar-refractivity contribution in [3.8, 4) is 12.3 Å². The Morgan fingerprint density at radius 1 is 1.19 bits per heavy atom. The van der Waals surface area contributed by atoms with Crippen molar-refractivity contribution >= 4 is 11.9 Å². The molecule has 1 spiro atoms. The third-order valence-corrected chi connectivity index (χ3v) is 7.03. The van der Waals surface area contributed by atoms with Crippen molar-refractivity contribution in [3.05, 3.63) is 35.4 Å². The number of halogens is 2. The number of nitrogens with zero attached hydrogens (tertiary/aromatic N) is 1. The fourth-order valence-electron chi connectivity index (χ4n) is 4.98. The van der Waals surface area contributed by atoms with Crippen LogP contribution in [0.5, 0.6) is 0 Å². The molecule has 31 heavy (non-hydrogen) atoms. The zero-order valence-corrected chi connectivity index (χ0v) is 17.8. The number of hydrogen-bond donors (Lipinski definition) is 2. The molecule has 1 saturated carbocycles. The highest BCUT2D eigenvalue weighted by molar-refractivity contribution is 5.88. The smallest absolute Gasteiger partial charge is 0.318 e. The minimum atomic E-state index is -3.10. The Hall–Kier alpha value is -2.62. The number of alkyl halides is 2. The van der Waals surface area contributed by atoms with E-state index in [9.17, 15) is 18.4 Å². The molecule has 1 aromatic rings. The molecule has 0 aromatic heterocycles. The van der Waals surface area contributed by atoms with Crippen LogP contribution in [0.1, 0.15) is 56.6 Å². The molecule has 3 amide bonds. The average molecular weight is 430 g/mol. The molecule has 1 atom stereocenters. The number of urea groups is 1. The summed E-state index contributed by atoms with van der Waals surface area (Å²) >= 11 is 0. The van der Waals surface area contributed by atoms with Gasteiger partial charge in [-0.2, -0.15) is 0 Å². The summed E-state index contributed by atoms with van der Waals surface area (Å²) in [7, 11) is 0. The predicted octanol–water partition coefficient (Wildman–Crippen LogP) is 3.37. The van der Waals surface area contributed by atoms with Gasteiger partial charge in [0.1, 0.15) is 11.6 Å². The van der Waals surface area contributed by atoms with Crippen molar-refractivity contribution in [2.45, 2.75) is 74.8 Å². The van der Waals surface area contributed by atoms with E-state index in [1.54, 1.807) is 4.90 Å². The van der Waals surface area contributed by atoms with Gasteiger partial charge in [-0.25, -0.2) is 13.6 Å². The lowest BCUT2D eigenvalue weighted by atomic mass is 9.74. The lowest BCUT2D eigenvalue weighted by Crippen LogP contribution is -2.56. The maximum absolute atomic E-state index is 13.7. The minimum absolute atomic E-state index is 0.0890. The van der Waals surface area contributed by atoms with Crippen LogP contribution in [-0.4, -0.2) is 47.4 Å². The predicted molar refractivity (Wildman–Crippen MR) is 114 cm³/mol. The number of nitrogens with one attached hydrogen (secondary N) is 2. The Morgan fingerprint density at radius 2 is 1.87 bits per heavy atom. The summed E-state index contributed by atoms with van der Waals surface area (Å²) in [6.45, 7) is 1.81. The molecule has 1 aromatic carbocycles. The van der Waals surface area contributed by atoms with Crippen LogP contribution < -0.4 is 10.6 Å². The number of terminal acetylenes is 1. The lowest BCUT2D eigenvalue weighted by molar-refractivity contribution is -0.126. The number of fused-ring (bicyclic) bond motifs is 2. The number of carbonyl (C=O) groups excluding carboxylic acids is 2. The van der Waals surface area contributed by atoms with Crippen molar-refractivity contribution in [1.29, 1.82) is 0 Å². The molecular weight excluding hydrogens is 400 g/mol. The van der Waals surface area contributed by atoms with Gasteiger partial charge in [0.25, 0.3) is 0 Å². The Balaban J connectivity index is 1.39. The maximum atomic E-state index is 13.7. The van der Waals surface area contributed by atoms with Gasteiger partial charge in [0, 0.05) is 19.5 Å². The number of hydrogen-bond acceptors (Lipinski definition) is 2. The number of benzene rings is 1. The number of piperidine rings is 1. The summed E-state index contributed by atoms with van der Waals surface area (Å²) in [6, 6.07) is 6.65. The van der Waals surface area contributed by atoms with Gasteiger partial charge in [-0.05, 0) is 62.0 Å². The third kappa shape index (κ3) is 4.53. The first-order valence-corrected chi connectivity index (χ1v) is 11.0. The van der Waals surface area contributed by atoms with E-state index in [4.69, 9.17) is 6.42 Å². The second-order valence-electron chi connectivity index (χ2n) is 9.42. The van der Waals surface area contributed by atoms with Crippen LogP contribution in [0, 0.1) is 12.3 Å². The van der Waals surface area contributed by atoms with Crippen molar-refractivity contribution < 1.29 is 18.4 Å². The molecule has 1 heterocycles. The highest BCUT2D eigenvalue weighted by Gasteiger charge is 2.45. The number of aryl methyl sites for hydroxylation is 1. The molecular formula is C24H29F2N3O2. The van der Waals surface area contributed by atoms with Crippen LogP contribution in [0.4, 0.5) is 13.6 Å². The largest absolute Gasteiger partial charge is 0.338 e. The standard InChI is InChI=1S/C24H29F2N3O2/c1-3-24(10-11-24)28-20(30)19(16-22(2,25)26)27-21(31)29-14-12-23(13-15-29)9-8-17-6-4-5-7-18(17)23/h1,4-7,19H,8-16H2,2H3,(H,27,31)(H,28,30). The molecule has 2 fully saturated rings. The van der Waals surface area contributed by atoms with Crippen LogP contribution in [0.25, 0.3) is 0 Å². The lowest BCUT2D eigenvalue weighted by Gasteiger charge is -2.40. The zero-order valence-electron chi connectivity index (χ0n) is 17.8. The summed E-state index contributed by atoms with van der Waals surface area (Å²) in [6.07, 6.45) is 9.70. The van der Waals surface area contributed by atoms with Crippen LogP contribution in [0.3, 0.4) is 0 Å². The van der Waals surface area contributed by atoms with Crippen molar-refractivity contribution in [1.82, 2.24) is 15.5 Å². The first-order chi connectivity index (χ1) is 14.7. The first-order valence-electron chi connectivity index (χ1n) is 11.0. The van der Waals surface area contributed by atoms with Gasteiger partial charge in [-0.3, -0.25) is 4.79 Å². The second-order valence-corrected chi connectivity index (χ2v) is 9.42. The minimum Gasteiger partial charge on any atom is -0.338 e. The van der Waals surface area contributed by atoms with Crippen LogP contribution in [0.2, 0.25) is 0 Å². The molecule has 0 bridgehead atoms. The van der Waals surface area contributed by atoms with Crippen LogP contribution in [-0.2, 0) is 16.6 Å². The Morgan fingerprint density at radius 3 is 2.48 bits per heavy atom. The van der Waals surface area contributed by atoms with Crippen LogP contribution in [0.15, 0.2) is 24.3 Å². The maximum Gasteiger partial charge on any atom is 0.318 e. The van der Waals surface area contributed by atoms with Gasteiger partial charge in [-0.1, -0.05) is 30.2 Å². The number of likely N-dealkylation sites (tertiary alicyclic amines) is 1. The second kappa shape index (κ2) is 7.81. The average Bonchev–Trinajstić information content (AvgIpc) is 3.42. The topological polar surface area (TPSA) is 61.4 Å². The summed E-state index contributed by atoms with van der Waals surface area (Å²) in [5.41, 5.74) is 2.09. The van der Waals surface area contributed by atoms with E-state index >= 15 is 0 Å². The molecule has 5 nitrogen and oxygen atoms in total. The molecule has 1 unspecified atom stereocenters. The molecule has 1 saturated heterocycles. The van der Waals surface area contributed by atoms with E-state index in [2.05, 4.69) is 40.8 Å². The van der Waals surface area contributed by atoms with Gasteiger partial charge < -0.3 is 15.5 Å².